The van der Waals surface area contributed by atoms with Gasteiger partial charge in [-0.2, -0.15) is 11.3 Å². The highest BCUT2D eigenvalue weighted by molar-refractivity contribution is 7.08. The second kappa shape index (κ2) is 6.82. The Morgan fingerprint density at radius 1 is 1.50 bits per heavy atom. The van der Waals surface area contributed by atoms with Gasteiger partial charge in [-0.3, -0.25) is 9.59 Å². The Labute approximate surface area is 145 Å². The predicted octanol–water partition coefficient (Wildman–Crippen LogP) is 1.40. The van der Waals surface area contributed by atoms with Gasteiger partial charge in [0.05, 0.1) is 36.0 Å². The lowest BCUT2D eigenvalue weighted by atomic mass is 9.85. The molecule has 132 valence electrons. The van der Waals surface area contributed by atoms with Crippen molar-refractivity contribution < 1.29 is 19.4 Å². The van der Waals surface area contributed by atoms with Crippen molar-refractivity contribution in [1.29, 1.82) is 0 Å². The zero-order chi connectivity index (χ0) is 17.3. The van der Waals surface area contributed by atoms with E-state index >= 15 is 0 Å². The number of likely N-dealkylation sites (tertiary alicyclic amines) is 1. The van der Waals surface area contributed by atoms with Crippen LogP contribution in [0.25, 0.3) is 0 Å². The molecule has 3 rings (SSSR count). The quantitative estimate of drug-likeness (QED) is 0.843. The highest BCUT2D eigenvalue weighted by Crippen LogP contribution is 2.33. The van der Waals surface area contributed by atoms with Gasteiger partial charge < -0.3 is 20.1 Å². The molecule has 0 spiro atoms. The Hall–Kier alpha value is -1.44. The fourth-order valence-electron chi connectivity index (χ4n) is 3.67. The zero-order valence-electron chi connectivity index (χ0n) is 14.0. The van der Waals surface area contributed by atoms with Gasteiger partial charge in [0.2, 0.25) is 5.91 Å². The third-order valence-corrected chi connectivity index (χ3v) is 5.66. The third kappa shape index (κ3) is 3.48. The van der Waals surface area contributed by atoms with Gasteiger partial charge in [0, 0.05) is 25.3 Å². The standard InChI is InChI=1S/C17H24N2O4S/c1-11(20)18-15-9-23-14-4-3-6-19(13(14)8-17(15,2)22)16(21)12-5-7-24-10-12/h5,7,10,13-15,22H,3-4,6,8-9H2,1-2H3,(H,18,20)/t13-,14-,15-,17-/m1/s1. The van der Waals surface area contributed by atoms with Gasteiger partial charge in [-0.25, -0.2) is 0 Å². The van der Waals surface area contributed by atoms with Gasteiger partial charge in [0.1, 0.15) is 0 Å². The summed E-state index contributed by atoms with van der Waals surface area (Å²) in [4.78, 5) is 26.1. The molecule has 0 aromatic carbocycles. The van der Waals surface area contributed by atoms with E-state index in [-0.39, 0.29) is 30.6 Å². The normalized spacial score (nSPS) is 33.5. The number of ether oxygens (including phenoxy) is 1. The lowest BCUT2D eigenvalue weighted by Crippen LogP contribution is -2.56. The maximum absolute atomic E-state index is 12.8. The molecular weight excluding hydrogens is 328 g/mol. The summed E-state index contributed by atoms with van der Waals surface area (Å²) in [5, 5.41) is 17.4. The average Bonchev–Trinajstić information content (AvgIpc) is 3.01. The van der Waals surface area contributed by atoms with Crippen LogP contribution in [-0.2, 0) is 9.53 Å². The Kier molecular flexibility index (Phi) is 4.94. The van der Waals surface area contributed by atoms with Gasteiger partial charge in [-0.05, 0) is 31.2 Å². The Morgan fingerprint density at radius 3 is 2.96 bits per heavy atom. The number of piperidine rings is 1. The maximum atomic E-state index is 12.8. The SMILES string of the molecule is CC(=O)N[C@@H]1CO[C@@H]2CCCN(C(=O)c3ccsc3)[C@@H]2C[C@@]1(C)O. The Bertz CT molecular complexity index is 602. The molecule has 3 heterocycles. The van der Waals surface area contributed by atoms with Crippen molar-refractivity contribution in [1.82, 2.24) is 10.2 Å². The number of carbonyl (C=O) groups excluding carboxylic acids is 2. The van der Waals surface area contributed by atoms with Gasteiger partial charge in [-0.15, -0.1) is 0 Å². The fraction of sp³-hybridized carbons (Fsp3) is 0.647. The van der Waals surface area contributed by atoms with Gasteiger partial charge >= 0.3 is 0 Å². The molecule has 0 bridgehead atoms. The second-order valence-corrected chi connectivity index (χ2v) is 7.69. The first-order valence-corrected chi connectivity index (χ1v) is 9.27. The summed E-state index contributed by atoms with van der Waals surface area (Å²) in [6.45, 7) is 4.07. The van der Waals surface area contributed by atoms with E-state index in [1.165, 1.54) is 18.3 Å². The van der Waals surface area contributed by atoms with Gasteiger partial charge in [0.25, 0.3) is 5.91 Å². The van der Waals surface area contributed by atoms with Crippen LogP contribution in [0.5, 0.6) is 0 Å². The number of fused-ring (bicyclic) bond motifs is 1. The van der Waals surface area contributed by atoms with E-state index < -0.39 is 11.6 Å². The van der Waals surface area contributed by atoms with Crippen molar-refractivity contribution in [3.05, 3.63) is 22.4 Å². The minimum Gasteiger partial charge on any atom is -0.388 e. The fourth-order valence-corrected chi connectivity index (χ4v) is 4.30. The summed E-state index contributed by atoms with van der Waals surface area (Å²) in [5.41, 5.74) is -0.446. The number of thiophene rings is 1. The van der Waals surface area contributed by atoms with Crippen LogP contribution in [0.1, 0.15) is 43.5 Å². The summed E-state index contributed by atoms with van der Waals surface area (Å²) in [5.74, 6) is -0.205. The molecule has 1 aromatic rings. The van der Waals surface area contributed by atoms with Gasteiger partial charge in [0.15, 0.2) is 0 Å². The number of carbonyl (C=O) groups is 2. The van der Waals surface area contributed by atoms with Crippen LogP contribution in [0.4, 0.5) is 0 Å². The van der Waals surface area contributed by atoms with Crippen molar-refractivity contribution in [2.24, 2.45) is 0 Å². The van der Waals surface area contributed by atoms with Crippen LogP contribution in [0.3, 0.4) is 0 Å². The molecule has 2 aliphatic heterocycles. The number of hydrogen-bond acceptors (Lipinski definition) is 5. The topological polar surface area (TPSA) is 78.9 Å². The molecule has 0 aliphatic carbocycles. The smallest absolute Gasteiger partial charge is 0.255 e. The molecule has 2 saturated heterocycles. The Balaban J connectivity index is 1.83. The van der Waals surface area contributed by atoms with Gasteiger partial charge in [-0.1, -0.05) is 0 Å². The van der Waals surface area contributed by atoms with Crippen molar-refractivity contribution in [3.8, 4) is 0 Å². The van der Waals surface area contributed by atoms with Crippen LogP contribution in [0.2, 0.25) is 0 Å². The highest BCUT2D eigenvalue weighted by atomic mass is 32.1. The summed E-state index contributed by atoms with van der Waals surface area (Å²) in [6.07, 6.45) is 2.02. The van der Waals surface area contributed by atoms with Crippen LogP contribution in [0, 0.1) is 0 Å². The van der Waals surface area contributed by atoms with E-state index in [4.69, 9.17) is 4.74 Å². The number of rotatable bonds is 2. The molecule has 0 radical (unpaired) electrons. The highest BCUT2D eigenvalue weighted by Gasteiger charge is 2.46. The molecule has 2 fully saturated rings. The first kappa shape index (κ1) is 17.4. The lowest BCUT2D eigenvalue weighted by Gasteiger charge is -2.42. The third-order valence-electron chi connectivity index (χ3n) is 4.97. The van der Waals surface area contributed by atoms with E-state index in [9.17, 15) is 14.7 Å². The second-order valence-electron chi connectivity index (χ2n) is 6.91. The van der Waals surface area contributed by atoms with Crippen LogP contribution in [0.15, 0.2) is 16.8 Å². The maximum Gasteiger partial charge on any atom is 0.255 e. The van der Waals surface area contributed by atoms with E-state index in [2.05, 4.69) is 5.32 Å². The minimum absolute atomic E-state index is 0.0108. The molecule has 4 atom stereocenters. The van der Waals surface area contributed by atoms with Crippen molar-refractivity contribution in [2.45, 2.75) is 56.9 Å². The molecule has 0 saturated carbocycles. The monoisotopic (exact) mass is 352 g/mol. The molecule has 2 aliphatic rings. The number of aliphatic hydroxyl groups is 1. The van der Waals surface area contributed by atoms with Crippen LogP contribution < -0.4 is 5.32 Å². The molecule has 7 heteroatoms. The largest absolute Gasteiger partial charge is 0.388 e. The van der Waals surface area contributed by atoms with E-state index in [1.54, 1.807) is 6.92 Å². The summed E-state index contributed by atoms with van der Waals surface area (Å²) < 4.78 is 5.99. The average molecular weight is 352 g/mol. The Morgan fingerprint density at radius 2 is 2.29 bits per heavy atom. The zero-order valence-corrected chi connectivity index (χ0v) is 14.8. The first-order valence-electron chi connectivity index (χ1n) is 8.33. The first-order chi connectivity index (χ1) is 11.4. The van der Waals surface area contributed by atoms with Crippen molar-refractivity contribution >= 4 is 23.2 Å². The molecule has 2 amide bonds. The molecule has 24 heavy (non-hydrogen) atoms. The van der Waals surface area contributed by atoms with Crippen molar-refractivity contribution in [2.75, 3.05) is 13.2 Å². The predicted molar refractivity (Wildman–Crippen MR) is 91.0 cm³/mol. The lowest BCUT2D eigenvalue weighted by molar-refractivity contribution is -0.122. The van der Waals surface area contributed by atoms with Crippen molar-refractivity contribution in [3.63, 3.8) is 0 Å². The number of nitrogens with one attached hydrogen (secondary N) is 1. The molecular formula is C17H24N2O4S. The molecule has 6 nitrogen and oxygen atoms in total. The molecule has 2 N–H and O–H groups in total. The summed E-state index contributed by atoms with van der Waals surface area (Å²) in [6, 6.07) is 1.17. The van der Waals surface area contributed by atoms with Crippen LogP contribution >= 0.6 is 11.3 Å². The van der Waals surface area contributed by atoms with E-state index in [0.29, 0.717) is 18.5 Å². The summed E-state index contributed by atoms with van der Waals surface area (Å²) >= 11 is 1.50. The van der Waals surface area contributed by atoms with Crippen LogP contribution in [-0.4, -0.2) is 58.8 Å². The van der Waals surface area contributed by atoms with E-state index in [0.717, 1.165) is 12.8 Å². The number of nitrogens with zero attached hydrogens (tertiary/aromatic N) is 1. The summed E-state index contributed by atoms with van der Waals surface area (Å²) in [7, 11) is 0. The number of hydrogen-bond donors (Lipinski definition) is 2. The van der Waals surface area contributed by atoms with E-state index in [1.807, 2.05) is 21.7 Å². The minimum atomic E-state index is -1.13. The molecule has 1 aromatic heterocycles. The molecule has 0 unspecified atom stereocenters. The number of amides is 2.